The number of carbonyl (C=O) groups is 1. The third kappa shape index (κ3) is 2.98. The van der Waals surface area contributed by atoms with E-state index in [0.29, 0.717) is 12.0 Å². The minimum absolute atomic E-state index is 0.0469. The molecule has 0 bridgehead atoms. The second-order valence-corrected chi connectivity index (χ2v) is 4.63. The molecule has 1 unspecified atom stereocenters. The standard InChI is InChI=1S/C11H22N2O/c1-8(2)7-13(10-5-6-10)11(14)9(3)12-4/h8-10,12H,5-7H2,1-4H3. The van der Waals surface area contributed by atoms with Crippen LogP contribution >= 0.6 is 0 Å². The van der Waals surface area contributed by atoms with Gasteiger partial charge >= 0.3 is 0 Å². The van der Waals surface area contributed by atoms with E-state index >= 15 is 0 Å². The normalized spacial score (nSPS) is 18.4. The van der Waals surface area contributed by atoms with E-state index in [4.69, 9.17) is 0 Å². The zero-order valence-electron chi connectivity index (χ0n) is 9.71. The van der Waals surface area contributed by atoms with Crippen LogP contribution in [0.3, 0.4) is 0 Å². The summed E-state index contributed by atoms with van der Waals surface area (Å²) >= 11 is 0. The quantitative estimate of drug-likeness (QED) is 0.721. The first-order valence-corrected chi connectivity index (χ1v) is 5.54. The number of carbonyl (C=O) groups excluding carboxylic acids is 1. The molecule has 0 spiro atoms. The van der Waals surface area contributed by atoms with Gasteiger partial charge in [-0.2, -0.15) is 0 Å². The molecule has 1 N–H and O–H groups in total. The molecule has 0 aromatic heterocycles. The zero-order valence-corrected chi connectivity index (χ0v) is 9.71. The number of nitrogens with one attached hydrogen (secondary N) is 1. The summed E-state index contributed by atoms with van der Waals surface area (Å²) in [4.78, 5) is 14.0. The summed E-state index contributed by atoms with van der Waals surface area (Å²) < 4.78 is 0. The van der Waals surface area contributed by atoms with E-state index in [9.17, 15) is 4.79 Å². The Kier molecular flexibility index (Phi) is 3.93. The van der Waals surface area contributed by atoms with E-state index in [1.807, 2.05) is 18.9 Å². The van der Waals surface area contributed by atoms with Crippen molar-refractivity contribution < 1.29 is 4.79 Å². The Labute approximate surface area is 86.9 Å². The molecule has 1 amide bonds. The van der Waals surface area contributed by atoms with E-state index in [1.54, 1.807) is 0 Å². The molecule has 1 atom stereocenters. The van der Waals surface area contributed by atoms with Gasteiger partial charge in [-0.3, -0.25) is 4.79 Å². The first kappa shape index (κ1) is 11.5. The van der Waals surface area contributed by atoms with Crippen LogP contribution in [0.4, 0.5) is 0 Å². The number of amides is 1. The Morgan fingerprint density at radius 2 is 2.00 bits per heavy atom. The number of nitrogens with zero attached hydrogens (tertiary/aromatic N) is 1. The lowest BCUT2D eigenvalue weighted by Gasteiger charge is -2.27. The van der Waals surface area contributed by atoms with E-state index in [0.717, 1.165) is 6.54 Å². The molecule has 1 saturated carbocycles. The molecule has 1 aliphatic rings. The zero-order chi connectivity index (χ0) is 10.7. The average molecular weight is 198 g/mol. The topological polar surface area (TPSA) is 32.3 Å². The van der Waals surface area contributed by atoms with E-state index in [2.05, 4.69) is 19.2 Å². The maximum absolute atomic E-state index is 12.0. The summed E-state index contributed by atoms with van der Waals surface area (Å²) in [6, 6.07) is 0.482. The van der Waals surface area contributed by atoms with E-state index in [1.165, 1.54) is 12.8 Å². The smallest absolute Gasteiger partial charge is 0.239 e. The third-order valence-corrected chi connectivity index (χ3v) is 2.64. The van der Waals surface area contributed by atoms with Gasteiger partial charge in [-0.1, -0.05) is 13.8 Å². The maximum Gasteiger partial charge on any atom is 0.239 e. The first-order chi connectivity index (χ1) is 6.56. The van der Waals surface area contributed by atoms with Crippen molar-refractivity contribution in [1.82, 2.24) is 10.2 Å². The van der Waals surface area contributed by atoms with E-state index in [-0.39, 0.29) is 11.9 Å². The van der Waals surface area contributed by atoms with Crippen LogP contribution in [0.25, 0.3) is 0 Å². The van der Waals surface area contributed by atoms with Gasteiger partial charge < -0.3 is 10.2 Å². The highest BCUT2D eigenvalue weighted by Gasteiger charge is 2.34. The number of hydrogen-bond acceptors (Lipinski definition) is 2. The summed E-state index contributed by atoms with van der Waals surface area (Å²) in [7, 11) is 1.84. The van der Waals surface area contributed by atoms with Crippen molar-refractivity contribution in [3.8, 4) is 0 Å². The Morgan fingerprint density at radius 3 is 2.36 bits per heavy atom. The molecule has 0 saturated heterocycles. The molecule has 14 heavy (non-hydrogen) atoms. The van der Waals surface area contributed by atoms with Crippen LogP contribution < -0.4 is 5.32 Å². The minimum atomic E-state index is -0.0469. The number of rotatable bonds is 5. The van der Waals surface area contributed by atoms with Gasteiger partial charge in [0.05, 0.1) is 6.04 Å². The molecule has 0 aliphatic heterocycles. The van der Waals surface area contributed by atoms with Crippen LogP contribution in [-0.4, -0.2) is 36.5 Å². The van der Waals surface area contributed by atoms with Gasteiger partial charge in [0.2, 0.25) is 5.91 Å². The van der Waals surface area contributed by atoms with Gasteiger partial charge in [-0.05, 0) is 32.7 Å². The lowest BCUT2D eigenvalue weighted by atomic mass is 10.2. The Balaban J connectivity index is 2.53. The minimum Gasteiger partial charge on any atom is -0.338 e. The van der Waals surface area contributed by atoms with Crippen molar-refractivity contribution in [2.75, 3.05) is 13.6 Å². The van der Waals surface area contributed by atoms with Crippen molar-refractivity contribution in [3.63, 3.8) is 0 Å². The van der Waals surface area contributed by atoms with Crippen LogP contribution in [0.5, 0.6) is 0 Å². The SMILES string of the molecule is CNC(C)C(=O)N(CC(C)C)C1CC1. The van der Waals surface area contributed by atoms with Gasteiger partial charge in [-0.25, -0.2) is 0 Å². The monoisotopic (exact) mass is 198 g/mol. The Hall–Kier alpha value is -0.570. The molecule has 0 radical (unpaired) electrons. The van der Waals surface area contributed by atoms with Crippen molar-refractivity contribution in [3.05, 3.63) is 0 Å². The fourth-order valence-electron chi connectivity index (χ4n) is 1.57. The summed E-state index contributed by atoms with van der Waals surface area (Å²) in [5, 5.41) is 3.01. The van der Waals surface area contributed by atoms with Gasteiger partial charge in [0, 0.05) is 12.6 Å². The highest BCUT2D eigenvalue weighted by atomic mass is 16.2. The number of hydrogen-bond donors (Lipinski definition) is 1. The fourth-order valence-corrected chi connectivity index (χ4v) is 1.57. The van der Waals surface area contributed by atoms with Crippen LogP contribution in [0.2, 0.25) is 0 Å². The molecular formula is C11H22N2O. The highest BCUT2D eigenvalue weighted by Crippen LogP contribution is 2.28. The predicted molar refractivity (Wildman–Crippen MR) is 58.1 cm³/mol. The number of likely N-dealkylation sites (N-methyl/N-ethyl adjacent to an activating group) is 1. The molecule has 1 aliphatic carbocycles. The Morgan fingerprint density at radius 1 is 1.43 bits per heavy atom. The Bertz CT molecular complexity index is 199. The molecule has 3 nitrogen and oxygen atoms in total. The van der Waals surface area contributed by atoms with E-state index < -0.39 is 0 Å². The molecule has 0 aromatic carbocycles. The highest BCUT2D eigenvalue weighted by molar-refractivity contribution is 5.82. The second-order valence-electron chi connectivity index (χ2n) is 4.63. The van der Waals surface area contributed by atoms with Crippen molar-refractivity contribution in [2.24, 2.45) is 5.92 Å². The predicted octanol–water partition coefficient (Wildman–Crippen LogP) is 1.24. The third-order valence-electron chi connectivity index (χ3n) is 2.64. The molecule has 1 rings (SSSR count). The van der Waals surface area contributed by atoms with Crippen LogP contribution in [0, 0.1) is 5.92 Å². The first-order valence-electron chi connectivity index (χ1n) is 5.54. The summed E-state index contributed by atoms with van der Waals surface area (Å²) in [5.74, 6) is 0.812. The fraction of sp³-hybridized carbons (Fsp3) is 0.909. The van der Waals surface area contributed by atoms with Gasteiger partial charge in [-0.15, -0.1) is 0 Å². The van der Waals surface area contributed by atoms with Crippen molar-refractivity contribution in [1.29, 1.82) is 0 Å². The van der Waals surface area contributed by atoms with Gasteiger partial charge in [0.1, 0.15) is 0 Å². The van der Waals surface area contributed by atoms with Gasteiger partial charge in [0.15, 0.2) is 0 Å². The van der Waals surface area contributed by atoms with Crippen LogP contribution in [-0.2, 0) is 4.79 Å². The molecule has 0 heterocycles. The summed E-state index contributed by atoms with van der Waals surface area (Å²) in [6.45, 7) is 7.15. The molecular weight excluding hydrogens is 176 g/mol. The average Bonchev–Trinajstić information content (AvgIpc) is 2.94. The van der Waals surface area contributed by atoms with Crippen molar-refractivity contribution >= 4 is 5.91 Å². The summed E-state index contributed by atoms with van der Waals surface area (Å²) in [6.07, 6.45) is 2.38. The molecule has 0 aromatic rings. The second kappa shape index (κ2) is 4.78. The molecule has 1 fully saturated rings. The van der Waals surface area contributed by atoms with Gasteiger partial charge in [0.25, 0.3) is 0 Å². The molecule has 3 heteroatoms. The van der Waals surface area contributed by atoms with Crippen molar-refractivity contribution in [2.45, 2.75) is 45.7 Å². The molecule has 82 valence electrons. The van der Waals surface area contributed by atoms with Crippen LogP contribution in [0.1, 0.15) is 33.6 Å². The summed E-state index contributed by atoms with van der Waals surface area (Å²) in [5.41, 5.74) is 0. The lowest BCUT2D eigenvalue weighted by Crippen LogP contribution is -2.46. The lowest BCUT2D eigenvalue weighted by molar-refractivity contribution is -0.134. The largest absolute Gasteiger partial charge is 0.338 e. The van der Waals surface area contributed by atoms with Crippen LogP contribution in [0.15, 0.2) is 0 Å². The maximum atomic E-state index is 12.0.